The molecule has 0 bridgehead atoms. The van der Waals surface area contributed by atoms with Gasteiger partial charge in [-0.15, -0.1) is 0 Å². The number of para-hydroxylation sites is 2. The molecule has 1 aliphatic rings. The Hall–Kier alpha value is -2.18. The van der Waals surface area contributed by atoms with Gasteiger partial charge in [-0.2, -0.15) is 0 Å². The first kappa shape index (κ1) is 21.7. The first-order valence-electron chi connectivity index (χ1n) is 11.7. The van der Waals surface area contributed by atoms with E-state index < -0.39 is 0 Å². The Bertz CT molecular complexity index is 1160. The predicted molar refractivity (Wildman–Crippen MR) is 141 cm³/mol. The third kappa shape index (κ3) is 4.62. The minimum atomic E-state index is 0.450. The van der Waals surface area contributed by atoms with Crippen molar-refractivity contribution in [2.45, 2.75) is 38.1 Å². The second-order valence-corrected chi connectivity index (χ2v) is 10.1. The van der Waals surface area contributed by atoms with Crippen molar-refractivity contribution in [1.29, 1.82) is 0 Å². The predicted octanol–water partition coefficient (Wildman–Crippen LogP) is 6.81. The van der Waals surface area contributed by atoms with E-state index in [4.69, 9.17) is 4.98 Å². The highest BCUT2D eigenvalue weighted by atomic mass is 123. The first-order chi connectivity index (χ1) is 15.7. The number of likely N-dealkylation sites (tertiary alicyclic amines) is 1. The summed E-state index contributed by atoms with van der Waals surface area (Å²) in [7, 11) is 0. The summed E-state index contributed by atoms with van der Waals surface area (Å²) in [6.07, 6.45) is 3.55. The molecule has 1 saturated heterocycles. The molecule has 0 amide bonds. The summed E-state index contributed by atoms with van der Waals surface area (Å²) >= 11 is 2.39. The van der Waals surface area contributed by atoms with E-state index in [2.05, 4.69) is 118 Å². The van der Waals surface area contributed by atoms with Crippen LogP contribution in [0.15, 0.2) is 78.9 Å². The number of hydrogen-bond acceptors (Lipinski definition) is 2. The van der Waals surface area contributed by atoms with Gasteiger partial charge in [0.15, 0.2) is 0 Å². The summed E-state index contributed by atoms with van der Waals surface area (Å²) in [5.41, 5.74) is 5.25. The number of hydrogen-bond donors (Lipinski definition) is 0. The largest absolute Gasteiger partial charge is 0.325 e. The van der Waals surface area contributed by atoms with E-state index in [-0.39, 0.29) is 0 Å². The van der Waals surface area contributed by atoms with Gasteiger partial charge in [-0.25, -0.2) is 4.98 Å². The van der Waals surface area contributed by atoms with Crippen molar-refractivity contribution in [1.82, 2.24) is 14.5 Å². The van der Waals surface area contributed by atoms with Gasteiger partial charge in [0, 0.05) is 28.6 Å². The summed E-state index contributed by atoms with van der Waals surface area (Å²) in [4.78, 5) is 7.45. The summed E-state index contributed by atoms with van der Waals surface area (Å²) in [6, 6.07) is 29.2. The van der Waals surface area contributed by atoms with E-state index in [0.717, 1.165) is 37.4 Å². The number of fused-ring (bicyclic) bond motifs is 1. The van der Waals surface area contributed by atoms with Crippen molar-refractivity contribution < 1.29 is 0 Å². The van der Waals surface area contributed by atoms with Gasteiger partial charge in [0.05, 0.1) is 11.0 Å². The van der Waals surface area contributed by atoms with Crippen LogP contribution in [0.2, 0.25) is 0 Å². The average molecular weight is 531 g/mol. The monoisotopic (exact) mass is 531 g/mol. The normalized spacial score (nSPS) is 16.4. The van der Waals surface area contributed by atoms with Crippen LogP contribution in [0.1, 0.15) is 48.2 Å². The van der Waals surface area contributed by atoms with E-state index in [1.54, 1.807) is 0 Å². The fraction of sp³-hybridized carbons (Fsp3) is 0.321. The molecular weight excluding hydrogens is 501 g/mol. The van der Waals surface area contributed by atoms with Gasteiger partial charge in [0.1, 0.15) is 5.82 Å². The van der Waals surface area contributed by atoms with Crippen LogP contribution in [0.25, 0.3) is 11.0 Å². The molecule has 5 rings (SSSR count). The van der Waals surface area contributed by atoms with Crippen molar-refractivity contribution >= 4 is 33.6 Å². The Labute approximate surface area is 204 Å². The summed E-state index contributed by atoms with van der Waals surface area (Å²) in [5.74, 6) is 1.60. The minimum Gasteiger partial charge on any atom is -0.325 e. The fourth-order valence-electron chi connectivity index (χ4n) is 5.24. The number of imidazole rings is 1. The van der Waals surface area contributed by atoms with Crippen molar-refractivity contribution in [3.05, 3.63) is 99.4 Å². The zero-order chi connectivity index (χ0) is 21.9. The minimum absolute atomic E-state index is 0.450. The molecule has 1 unspecified atom stereocenters. The van der Waals surface area contributed by atoms with Gasteiger partial charge in [0.2, 0.25) is 0 Å². The molecule has 0 radical (unpaired) electrons. The van der Waals surface area contributed by atoms with Crippen LogP contribution < -0.4 is 0 Å². The van der Waals surface area contributed by atoms with Gasteiger partial charge in [0.25, 0.3) is 0 Å². The molecule has 1 atom stereocenters. The summed E-state index contributed by atoms with van der Waals surface area (Å²) in [6.45, 7) is 5.61. The van der Waals surface area contributed by atoms with Gasteiger partial charge in [-0.1, -0.05) is 54.6 Å². The molecule has 3 aromatic carbocycles. The average Bonchev–Trinajstić information content (AvgIpc) is 3.17. The number of aromatic nitrogens is 2. The summed E-state index contributed by atoms with van der Waals surface area (Å²) in [5, 5.41) is 0. The third-order valence-electron chi connectivity index (χ3n) is 6.90. The van der Waals surface area contributed by atoms with Crippen LogP contribution in [0.3, 0.4) is 0 Å². The van der Waals surface area contributed by atoms with Crippen molar-refractivity contribution in [3.8, 4) is 0 Å². The van der Waals surface area contributed by atoms with Crippen molar-refractivity contribution in [2.24, 2.45) is 0 Å². The lowest BCUT2D eigenvalue weighted by Crippen LogP contribution is -2.36. The van der Waals surface area contributed by atoms with E-state index in [1.807, 2.05) is 0 Å². The van der Waals surface area contributed by atoms with E-state index in [9.17, 15) is 0 Å². The van der Waals surface area contributed by atoms with E-state index in [1.165, 1.54) is 33.1 Å². The highest BCUT2D eigenvalue weighted by molar-refractivity contribution is 14.1. The first-order valence-corrected chi connectivity index (χ1v) is 12.7. The molecule has 2 heterocycles. The maximum absolute atomic E-state index is 4.79. The smallest absolute Gasteiger partial charge is 0.106 e. The maximum atomic E-state index is 4.79. The highest BCUT2D eigenvalue weighted by Gasteiger charge is 2.24. The zero-order valence-corrected chi connectivity index (χ0v) is 20.8. The van der Waals surface area contributed by atoms with Crippen LogP contribution >= 0.6 is 22.6 Å². The van der Waals surface area contributed by atoms with Gasteiger partial charge in [-0.05, 0) is 90.7 Å². The molecule has 0 N–H and O–H groups in total. The van der Waals surface area contributed by atoms with Crippen LogP contribution in [0.5, 0.6) is 0 Å². The molecule has 0 saturated carbocycles. The number of benzene rings is 3. The molecule has 4 heteroatoms. The molecule has 32 heavy (non-hydrogen) atoms. The SMILES string of the molecule is Cc1nc2ccccc2n1C1CCN(CCC(c2ccccc2)c2ccc([123I])cc2)CC1. The van der Waals surface area contributed by atoms with Crippen LogP contribution in [-0.4, -0.2) is 34.1 Å². The molecule has 1 aromatic heterocycles. The maximum Gasteiger partial charge on any atom is 0.106 e. The van der Waals surface area contributed by atoms with Crippen LogP contribution in [0.4, 0.5) is 0 Å². The molecule has 4 aromatic rings. The molecule has 164 valence electrons. The van der Waals surface area contributed by atoms with E-state index in [0.29, 0.717) is 12.0 Å². The van der Waals surface area contributed by atoms with Crippen LogP contribution in [-0.2, 0) is 0 Å². The molecule has 0 aliphatic carbocycles. The fourth-order valence-corrected chi connectivity index (χ4v) is 5.60. The zero-order valence-electron chi connectivity index (χ0n) is 18.6. The van der Waals surface area contributed by atoms with Crippen molar-refractivity contribution in [2.75, 3.05) is 19.6 Å². The molecule has 1 fully saturated rings. The number of halogens is 1. The lowest BCUT2D eigenvalue weighted by Gasteiger charge is -2.34. The van der Waals surface area contributed by atoms with Gasteiger partial charge in [-0.3, -0.25) is 0 Å². The number of aryl methyl sites for hydroxylation is 1. The Morgan fingerprint density at radius 2 is 1.53 bits per heavy atom. The van der Waals surface area contributed by atoms with Crippen LogP contribution in [0, 0.1) is 10.5 Å². The van der Waals surface area contributed by atoms with Crippen molar-refractivity contribution in [3.63, 3.8) is 0 Å². The Kier molecular flexibility index (Phi) is 6.60. The number of nitrogens with zero attached hydrogens (tertiary/aromatic N) is 3. The standard InChI is InChI=1S/C28H30IN3/c1-21-30-27-9-5-6-10-28(27)32(21)25-15-18-31(19-16-25)20-17-26(22-7-3-2-4-8-22)23-11-13-24(29)14-12-23/h2-14,25-26H,15-20H2,1H3/i29-4. The lowest BCUT2D eigenvalue weighted by molar-refractivity contribution is 0.183. The Morgan fingerprint density at radius 3 is 2.28 bits per heavy atom. The highest BCUT2D eigenvalue weighted by Crippen LogP contribution is 2.31. The van der Waals surface area contributed by atoms with E-state index >= 15 is 0 Å². The lowest BCUT2D eigenvalue weighted by atomic mass is 9.88. The Morgan fingerprint density at radius 1 is 0.875 bits per heavy atom. The topological polar surface area (TPSA) is 21.1 Å². The number of rotatable bonds is 6. The molecular formula is C28H30IN3. The quantitative estimate of drug-likeness (QED) is 0.255. The molecule has 1 aliphatic heterocycles. The van der Waals surface area contributed by atoms with Gasteiger partial charge < -0.3 is 9.47 Å². The second kappa shape index (κ2) is 9.75. The molecule has 0 spiro atoms. The second-order valence-electron chi connectivity index (χ2n) is 8.89. The number of piperidine rings is 1. The Balaban J connectivity index is 1.26. The third-order valence-corrected chi connectivity index (χ3v) is 7.62. The molecule has 3 nitrogen and oxygen atoms in total. The summed E-state index contributed by atoms with van der Waals surface area (Å²) < 4.78 is 3.77. The van der Waals surface area contributed by atoms with Gasteiger partial charge >= 0.3 is 0 Å².